The van der Waals surface area contributed by atoms with Gasteiger partial charge in [0.15, 0.2) is 0 Å². The predicted molar refractivity (Wildman–Crippen MR) is 81.1 cm³/mol. The standard InChI is InChI=1S/C16H27NS/c1-4-12-8-9-13(18-12)11-15(17)14-7-5-6-10-16(14,2)3/h8-9,14-15H,4-7,10-11,17H2,1-3H3. The summed E-state index contributed by atoms with van der Waals surface area (Å²) in [6.07, 6.45) is 7.63. The monoisotopic (exact) mass is 265 g/mol. The van der Waals surface area contributed by atoms with Crippen LogP contribution in [0.5, 0.6) is 0 Å². The number of hydrogen-bond donors (Lipinski definition) is 1. The molecule has 1 fully saturated rings. The van der Waals surface area contributed by atoms with Crippen molar-refractivity contribution in [2.45, 2.75) is 65.3 Å². The van der Waals surface area contributed by atoms with Gasteiger partial charge in [-0.3, -0.25) is 0 Å². The fourth-order valence-electron chi connectivity index (χ4n) is 3.41. The van der Waals surface area contributed by atoms with Crippen LogP contribution in [0.2, 0.25) is 0 Å². The molecule has 0 radical (unpaired) electrons. The first kappa shape index (κ1) is 14.1. The largest absolute Gasteiger partial charge is 0.327 e. The number of nitrogens with two attached hydrogens (primary N) is 1. The lowest BCUT2D eigenvalue weighted by molar-refractivity contribution is 0.113. The van der Waals surface area contributed by atoms with E-state index in [0.29, 0.717) is 17.4 Å². The molecule has 0 amide bonds. The van der Waals surface area contributed by atoms with Crippen molar-refractivity contribution < 1.29 is 0 Å². The second-order valence-corrected chi connectivity index (χ2v) is 7.68. The molecule has 1 aromatic heterocycles. The van der Waals surface area contributed by atoms with Crippen LogP contribution in [0.15, 0.2) is 12.1 Å². The first-order valence-corrected chi connectivity index (χ1v) is 8.18. The molecule has 2 unspecified atom stereocenters. The zero-order valence-electron chi connectivity index (χ0n) is 12.0. The normalized spacial score (nSPS) is 25.0. The van der Waals surface area contributed by atoms with Gasteiger partial charge in [-0.2, -0.15) is 0 Å². The topological polar surface area (TPSA) is 26.0 Å². The average molecular weight is 265 g/mol. The number of aryl methyl sites for hydroxylation is 1. The van der Waals surface area contributed by atoms with Crippen LogP contribution < -0.4 is 5.73 Å². The molecular formula is C16H27NS. The summed E-state index contributed by atoms with van der Waals surface area (Å²) >= 11 is 1.95. The Morgan fingerprint density at radius 3 is 2.67 bits per heavy atom. The second kappa shape index (κ2) is 5.75. The molecule has 18 heavy (non-hydrogen) atoms. The maximum Gasteiger partial charge on any atom is 0.0121 e. The molecule has 0 aromatic carbocycles. The lowest BCUT2D eigenvalue weighted by Crippen LogP contribution is -2.42. The molecule has 2 rings (SSSR count). The highest BCUT2D eigenvalue weighted by molar-refractivity contribution is 7.11. The van der Waals surface area contributed by atoms with Crippen molar-refractivity contribution in [3.05, 3.63) is 21.9 Å². The van der Waals surface area contributed by atoms with Crippen LogP contribution in [0, 0.1) is 11.3 Å². The Kier molecular flexibility index (Phi) is 4.50. The third-order valence-electron chi connectivity index (χ3n) is 4.61. The maximum absolute atomic E-state index is 6.51. The van der Waals surface area contributed by atoms with Crippen LogP contribution in [-0.2, 0) is 12.8 Å². The molecule has 0 aliphatic heterocycles. The van der Waals surface area contributed by atoms with Crippen LogP contribution in [0.3, 0.4) is 0 Å². The van der Waals surface area contributed by atoms with Gasteiger partial charge in [0, 0.05) is 15.8 Å². The smallest absolute Gasteiger partial charge is 0.0121 e. The van der Waals surface area contributed by atoms with E-state index in [4.69, 9.17) is 5.73 Å². The van der Waals surface area contributed by atoms with E-state index < -0.39 is 0 Å². The average Bonchev–Trinajstić information content (AvgIpc) is 2.76. The van der Waals surface area contributed by atoms with Gasteiger partial charge < -0.3 is 5.73 Å². The Morgan fingerprint density at radius 1 is 1.33 bits per heavy atom. The van der Waals surface area contributed by atoms with Crippen LogP contribution in [0.25, 0.3) is 0 Å². The molecule has 0 spiro atoms. The fourth-order valence-corrected chi connectivity index (χ4v) is 4.44. The number of thiophene rings is 1. The quantitative estimate of drug-likeness (QED) is 0.858. The molecule has 1 nitrogen and oxygen atoms in total. The van der Waals surface area contributed by atoms with E-state index in [1.807, 2.05) is 11.3 Å². The summed E-state index contributed by atoms with van der Waals surface area (Å²) in [5, 5.41) is 0. The van der Waals surface area contributed by atoms with E-state index in [0.717, 1.165) is 12.8 Å². The molecule has 1 aliphatic rings. The molecule has 0 bridgehead atoms. The molecule has 102 valence electrons. The van der Waals surface area contributed by atoms with Crippen LogP contribution in [0.1, 0.15) is 56.2 Å². The van der Waals surface area contributed by atoms with Gasteiger partial charge in [-0.25, -0.2) is 0 Å². The van der Waals surface area contributed by atoms with E-state index in [1.54, 1.807) is 0 Å². The van der Waals surface area contributed by atoms with Crippen molar-refractivity contribution in [1.82, 2.24) is 0 Å². The molecule has 1 aromatic rings. The third-order valence-corrected chi connectivity index (χ3v) is 5.86. The maximum atomic E-state index is 6.51. The SMILES string of the molecule is CCc1ccc(CC(N)C2CCCCC2(C)C)s1. The highest BCUT2D eigenvalue weighted by Gasteiger charge is 2.35. The summed E-state index contributed by atoms with van der Waals surface area (Å²) in [6.45, 7) is 7.03. The van der Waals surface area contributed by atoms with Gasteiger partial charge in [-0.15, -0.1) is 11.3 Å². The zero-order valence-corrected chi connectivity index (χ0v) is 12.9. The molecule has 1 heterocycles. The summed E-state index contributed by atoms with van der Waals surface area (Å²) < 4.78 is 0. The summed E-state index contributed by atoms with van der Waals surface area (Å²) in [5.41, 5.74) is 6.95. The molecule has 2 heteroatoms. The van der Waals surface area contributed by atoms with E-state index in [-0.39, 0.29) is 0 Å². The lowest BCUT2D eigenvalue weighted by Gasteiger charge is -2.42. The van der Waals surface area contributed by atoms with Gasteiger partial charge >= 0.3 is 0 Å². The summed E-state index contributed by atoms with van der Waals surface area (Å²) in [6, 6.07) is 4.88. The second-order valence-electron chi connectivity index (χ2n) is 6.43. The van der Waals surface area contributed by atoms with E-state index >= 15 is 0 Å². The van der Waals surface area contributed by atoms with Crippen LogP contribution in [0.4, 0.5) is 0 Å². The zero-order chi connectivity index (χ0) is 13.2. The van der Waals surface area contributed by atoms with Crippen LogP contribution >= 0.6 is 11.3 Å². The number of rotatable bonds is 4. The Hall–Kier alpha value is -0.340. The molecule has 2 N–H and O–H groups in total. The Labute approximate surface area is 116 Å². The van der Waals surface area contributed by atoms with Crippen molar-refractivity contribution in [3.8, 4) is 0 Å². The van der Waals surface area contributed by atoms with Gasteiger partial charge in [0.1, 0.15) is 0 Å². The van der Waals surface area contributed by atoms with E-state index in [9.17, 15) is 0 Å². The van der Waals surface area contributed by atoms with Crippen molar-refractivity contribution >= 4 is 11.3 Å². The molecule has 1 saturated carbocycles. The first-order valence-electron chi connectivity index (χ1n) is 7.36. The predicted octanol–water partition coefficient (Wildman–Crippen LogP) is 4.40. The highest BCUT2D eigenvalue weighted by Crippen LogP contribution is 2.42. The van der Waals surface area contributed by atoms with Gasteiger partial charge in [-0.05, 0) is 49.1 Å². The summed E-state index contributed by atoms with van der Waals surface area (Å²) in [5.74, 6) is 0.693. The van der Waals surface area contributed by atoms with Crippen molar-refractivity contribution in [2.24, 2.45) is 17.1 Å². The molecule has 2 atom stereocenters. The summed E-state index contributed by atoms with van der Waals surface area (Å²) in [4.78, 5) is 2.96. The van der Waals surface area contributed by atoms with Crippen molar-refractivity contribution in [3.63, 3.8) is 0 Å². The first-order chi connectivity index (χ1) is 8.53. The lowest BCUT2D eigenvalue weighted by atomic mass is 9.65. The van der Waals surface area contributed by atoms with E-state index in [2.05, 4.69) is 32.9 Å². The molecule has 0 saturated heterocycles. The Bertz CT molecular complexity index is 380. The van der Waals surface area contributed by atoms with Crippen molar-refractivity contribution in [2.75, 3.05) is 0 Å². The Balaban J connectivity index is 2.00. The molecular weight excluding hydrogens is 238 g/mol. The van der Waals surface area contributed by atoms with Gasteiger partial charge in [0.2, 0.25) is 0 Å². The minimum atomic E-state index is 0.337. The fraction of sp³-hybridized carbons (Fsp3) is 0.750. The van der Waals surface area contributed by atoms with Gasteiger partial charge in [0.05, 0.1) is 0 Å². The third kappa shape index (κ3) is 3.16. The summed E-state index contributed by atoms with van der Waals surface area (Å²) in [7, 11) is 0. The van der Waals surface area contributed by atoms with Crippen LogP contribution in [-0.4, -0.2) is 6.04 Å². The number of hydrogen-bond acceptors (Lipinski definition) is 2. The van der Waals surface area contributed by atoms with E-state index in [1.165, 1.54) is 35.4 Å². The molecule has 1 aliphatic carbocycles. The van der Waals surface area contributed by atoms with Crippen molar-refractivity contribution in [1.29, 1.82) is 0 Å². The van der Waals surface area contributed by atoms with Gasteiger partial charge in [0.25, 0.3) is 0 Å². The minimum Gasteiger partial charge on any atom is -0.327 e. The Morgan fingerprint density at radius 2 is 2.06 bits per heavy atom. The van der Waals surface area contributed by atoms with Gasteiger partial charge in [-0.1, -0.05) is 33.6 Å². The minimum absolute atomic E-state index is 0.337. The highest BCUT2D eigenvalue weighted by atomic mass is 32.1.